The first-order valence-corrected chi connectivity index (χ1v) is 3.83. The maximum Gasteiger partial charge on any atom is 0.231 e. The highest BCUT2D eigenvalue weighted by molar-refractivity contribution is 5.94. The molecule has 0 bridgehead atoms. The standard InChI is InChI=1S/C9H12N2O/c1-3-4-7-5-9(12)11(2)8(7)6-10/h3-4,6,10H,5H2,1-2H3/b4-3-,10-6?. The zero-order chi connectivity index (χ0) is 9.14. The van der Waals surface area contributed by atoms with Crippen molar-refractivity contribution in [2.75, 3.05) is 7.05 Å². The summed E-state index contributed by atoms with van der Waals surface area (Å²) < 4.78 is 0. The summed E-state index contributed by atoms with van der Waals surface area (Å²) in [5.74, 6) is 0.0570. The summed E-state index contributed by atoms with van der Waals surface area (Å²) in [6.07, 6.45) is 5.40. The van der Waals surface area contributed by atoms with E-state index in [1.807, 2.05) is 19.1 Å². The summed E-state index contributed by atoms with van der Waals surface area (Å²) >= 11 is 0. The van der Waals surface area contributed by atoms with Crippen LogP contribution in [0.2, 0.25) is 0 Å². The highest BCUT2D eigenvalue weighted by atomic mass is 16.2. The van der Waals surface area contributed by atoms with Crippen molar-refractivity contribution in [1.29, 1.82) is 5.41 Å². The van der Waals surface area contributed by atoms with Gasteiger partial charge in [0, 0.05) is 13.3 Å². The van der Waals surface area contributed by atoms with E-state index >= 15 is 0 Å². The van der Waals surface area contributed by atoms with Crippen molar-refractivity contribution in [3.8, 4) is 0 Å². The molecule has 0 saturated heterocycles. The average molecular weight is 164 g/mol. The SMILES string of the molecule is C/C=C\C1=C(C=N)N(C)C(=O)C1. The summed E-state index contributed by atoms with van der Waals surface area (Å²) in [7, 11) is 1.69. The lowest BCUT2D eigenvalue weighted by atomic mass is 10.2. The van der Waals surface area contributed by atoms with Crippen molar-refractivity contribution in [1.82, 2.24) is 4.90 Å². The van der Waals surface area contributed by atoms with Crippen LogP contribution in [0.15, 0.2) is 23.4 Å². The fourth-order valence-electron chi connectivity index (χ4n) is 1.26. The summed E-state index contributed by atoms with van der Waals surface area (Å²) in [5, 5.41) is 7.12. The third kappa shape index (κ3) is 1.30. The fraction of sp³-hybridized carbons (Fsp3) is 0.333. The van der Waals surface area contributed by atoms with Crippen LogP contribution in [0.5, 0.6) is 0 Å². The van der Waals surface area contributed by atoms with Gasteiger partial charge in [-0.3, -0.25) is 4.79 Å². The predicted molar refractivity (Wildman–Crippen MR) is 48.0 cm³/mol. The first-order valence-electron chi connectivity index (χ1n) is 3.83. The molecule has 1 aliphatic rings. The summed E-state index contributed by atoms with van der Waals surface area (Å²) in [6, 6.07) is 0. The van der Waals surface area contributed by atoms with Crippen molar-refractivity contribution in [3.05, 3.63) is 23.4 Å². The van der Waals surface area contributed by atoms with Crippen LogP contribution in [0, 0.1) is 5.41 Å². The highest BCUT2D eigenvalue weighted by Gasteiger charge is 2.23. The lowest BCUT2D eigenvalue weighted by Crippen LogP contribution is -2.19. The van der Waals surface area contributed by atoms with E-state index in [1.54, 1.807) is 7.05 Å². The van der Waals surface area contributed by atoms with E-state index in [4.69, 9.17) is 5.41 Å². The van der Waals surface area contributed by atoms with Crippen molar-refractivity contribution in [2.45, 2.75) is 13.3 Å². The number of carbonyl (C=O) groups excluding carboxylic acids is 1. The van der Waals surface area contributed by atoms with Gasteiger partial charge in [-0.2, -0.15) is 0 Å². The molecule has 0 saturated carbocycles. The molecule has 3 heteroatoms. The molecular weight excluding hydrogens is 152 g/mol. The summed E-state index contributed by atoms with van der Waals surface area (Å²) in [5.41, 5.74) is 1.64. The number of nitrogens with one attached hydrogen (secondary N) is 1. The van der Waals surface area contributed by atoms with Crippen molar-refractivity contribution < 1.29 is 4.79 Å². The van der Waals surface area contributed by atoms with Gasteiger partial charge in [-0.15, -0.1) is 0 Å². The van der Waals surface area contributed by atoms with Crippen LogP contribution in [0.1, 0.15) is 13.3 Å². The van der Waals surface area contributed by atoms with Crippen LogP contribution in [-0.2, 0) is 4.79 Å². The highest BCUT2D eigenvalue weighted by Crippen LogP contribution is 2.21. The molecule has 1 N–H and O–H groups in total. The zero-order valence-electron chi connectivity index (χ0n) is 7.29. The van der Waals surface area contributed by atoms with Gasteiger partial charge in [0.15, 0.2) is 0 Å². The van der Waals surface area contributed by atoms with Crippen LogP contribution >= 0.6 is 0 Å². The van der Waals surface area contributed by atoms with E-state index in [-0.39, 0.29) is 5.91 Å². The van der Waals surface area contributed by atoms with Gasteiger partial charge in [0.1, 0.15) is 0 Å². The van der Waals surface area contributed by atoms with E-state index in [0.29, 0.717) is 12.1 Å². The van der Waals surface area contributed by atoms with Crippen molar-refractivity contribution in [3.63, 3.8) is 0 Å². The van der Waals surface area contributed by atoms with Crippen LogP contribution in [-0.4, -0.2) is 24.1 Å². The summed E-state index contributed by atoms with van der Waals surface area (Å²) in [6.45, 7) is 1.90. The Labute approximate surface area is 71.9 Å². The lowest BCUT2D eigenvalue weighted by molar-refractivity contribution is -0.125. The molecular formula is C9H12N2O. The quantitative estimate of drug-likeness (QED) is 0.615. The lowest BCUT2D eigenvalue weighted by Gasteiger charge is -2.08. The maximum absolute atomic E-state index is 11.2. The second-order valence-corrected chi connectivity index (χ2v) is 2.68. The van der Waals surface area contributed by atoms with E-state index in [2.05, 4.69) is 0 Å². The van der Waals surface area contributed by atoms with E-state index in [9.17, 15) is 4.79 Å². The Balaban J connectivity index is 3.01. The molecule has 12 heavy (non-hydrogen) atoms. The second kappa shape index (κ2) is 3.34. The molecule has 0 aromatic rings. The number of carbonyl (C=O) groups is 1. The third-order valence-electron chi connectivity index (χ3n) is 1.91. The van der Waals surface area contributed by atoms with Gasteiger partial charge >= 0.3 is 0 Å². The Morgan fingerprint density at radius 2 is 2.25 bits per heavy atom. The topological polar surface area (TPSA) is 44.2 Å². The minimum absolute atomic E-state index is 0.0570. The number of amides is 1. The molecule has 0 aromatic heterocycles. The van der Waals surface area contributed by atoms with Gasteiger partial charge in [0.05, 0.1) is 12.1 Å². The summed E-state index contributed by atoms with van der Waals surface area (Å²) in [4.78, 5) is 12.7. The van der Waals surface area contributed by atoms with Crippen molar-refractivity contribution >= 4 is 12.1 Å². The van der Waals surface area contributed by atoms with E-state index in [0.717, 1.165) is 5.57 Å². The van der Waals surface area contributed by atoms with Gasteiger partial charge in [-0.1, -0.05) is 12.2 Å². The Kier molecular flexibility index (Phi) is 2.43. The number of rotatable bonds is 2. The molecule has 0 radical (unpaired) electrons. The predicted octanol–water partition coefficient (Wildman–Crippen LogP) is 1.33. The Morgan fingerprint density at radius 1 is 1.58 bits per heavy atom. The molecule has 3 nitrogen and oxygen atoms in total. The van der Waals surface area contributed by atoms with Crippen molar-refractivity contribution in [2.24, 2.45) is 0 Å². The molecule has 64 valence electrons. The van der Waals surface area contributed by atoms with Gasteiger partial charge in [0.25, 0.3) is 0 Å². The molecule has 0 aliphatic carbocycles. The molecule has 1 amide bonds. The molecule has 0 spiro atoms. The molecule has 0 aromatic carbocycles. The van der Waals surface area contributed by atoms with Gasteiger partial charge in [0.2, 0.25) is 5.91 Å². The largest absolute Gasteiger partial charge is 0.313 e. The smallest absolute Gasteiger partial charge is 0.231 e. The first-order chi connectivity index (χ1) is 5.70. The Morgan fingerprint density at radius 3 is 2.75 bits per heavy atom. The second-order valence-electron chi connectivity index (χ2n) is 2.68. The van der Waals surface area contributed by atoms with Crippen LogP contribution in [0.4, 0.5) is 0 Å². The number of nitrogens with zero attached hydrogens (tertiary/aromatic N) is 1. The van der Waals surface area contributed by atoms with Gasteiger partial charge in [-0.25, -0.2) is 0 Å². The molecule has 1 aliphatic heterocycles. The first kappa shape index (κ1) is 8.71. The average Bonchev–Trinajstić information content (AvgIpc) is 2.29. The van der Waals surface area contributed by atoms with Gasteiger partial charge in [-0.05, 0) is 12.5 Å². The number of allylic oxidation sites excluding steroid dienone is 3. The number of hydrogen-bond donors (Lipinski definition) is 1. The number of hydrogen-bond acceptors (Lipinski definition) is 2. The Bertz CT molecular complexity index is 276. The van der Waals surface area contributed by atoms with Crippen LogP contribution in [0.25, 0.3) is 0 Å². The third-order valence-corrected chi connectivity index (χ3v) is 1.91. The van der Waals surface area contributed by atoms with E-state index in [1.165, 1.54) is 11.1 Å². The molecule has 1 rings (SSSR count). The molecule has 0 unspecified atom stereocenters. The minimum atomic E-state index is 0.0570. The van der Waals surface area contributed by atoms with Crippen LogP contribution < -0.4 is 0 Å². The van der Waals surface area contributed by atoms with Gasteiger partial charge < -0.3 is 10.3 Å². The van der Waals surface area contributed by atoms with Crippen LogP contribution in [0.3, 0.4) is 0 Å². The normalized spacial score (nSPS) is 18.2. The maximum atomic E-state index is 11.2. The molecule has 0 atom stereocenters. The fourth-order valence-corrected chi connectivity index (χ4v) is 1.26. The van der Waals surface area contributed by atoms with E-state index < -0.39 is 0 Å². The molecule has 1 heterocycles. The molecule has 0 fully saturated rings. The zero-order valence-corrected chi connectivity index (χ0v) is 7.29. The monoisotopic (exact) mass is 164 g/mol. The Hall–Kier alpha value is -1.38. The minimum Gasteiger partial charge on any atom is -0.313 e.